The molecule has 1 aliphatic rings. The van der Waals surface area contributed by atoms with Gasteiger partial charge in [-0.1, -0.05) is 6.07 Å². The fourth-order valence-electron chi connectivity index (χ4n) is 2.85. The Morgan fingerprint density at radius 2 is 2.17 bits per heavy atom. The van der Waals surface area contributed by atoms with Gasteiger partial charge in [-0.15, -0.1) is 11.3 Å². The van der Waals surface area contributed by atoms with Gasteiger partial charge in [0.05, 0.1) is 18.6 Å². The Hall–Kier alpha value is -1.65. The average molecular weight is 328 g/mol. The predicted octanol–water partition coefficient (Wildman–Crippen LogP) is 4.64. The highest BCUT2D eigenvalue weighted by Crippen LogP contribution is 2.39. The first kappa shape index (κ1) is 16.2. The molecule has 0 amide bonds. The van der Waals surface area contributed by atoms with E-state index in [1.54, 1.807) is 11.3 Å². The second kappa shape index (κ2) is 6.85. The molecule has 0 saturated carbocycles. The topological polar surface area (TPSA) is 24.8 Å². The number of fused-ring (bicyclic) bond motifs is 1. The standard InChI is InChI=1S/C19H24N2OS/c1-5-21(4)12-20-17-11-15-6-8-22-18(16(15)10-14(17)3)19-13(2)7-9-23-19/h7,9-12,18H,5-6,8H2,1-4H3. The maximum absolute atomic E-state index is 6.10. The first-order valence-corrected chi connectivity index (χ1v) is 9.01. The Labute approximate surface area is 142 Å². The Kier molecular flexibility index (Phi) is 4.83. The van der Waals surface area contributed by atoms with Gasteiger partial charge < -0.3 is 9.64 Å². The molecule has 2 aromatic rings. The van der Waals surface area contributed by atoms with Crippen molar-refractivity contribution in [2.75, 3.05) is 20.2 Å². The summed E-state index contributed by atoms with van der Waals surface area (Å²) in [7, 11) is 2.04. The van der Waals surface area contributed by atoms with Gasteiger partial charge in [0.25, 0.3) is 0 Å². The van der Waals surface area contributed by atoms with Crippen LogP contribution in [-0.4, -0.2) is 31.4 Å². The van der Waals surface area contributed by atoms with Gasteiger partial charge in [-0.05, 0) is 67.0 Å². The molecule has 0 radical (unpaired) electrons. The molecule has 1 aliphatic heterocycles. The number of thiophene rings is 1. The van der Waals surface area contributed by atoms with Crippen LogP contribution < -0.4 is 0 Å². The third-order valence-corrected chi connectivity index (χ3v) is 5.49. The minimum Gasteiger partial charge on any atom is -0.368 e. The Bertz CT molecular complexity index is 720. The van der Waals surface area contributed by atoms with E-state index >= 15 is 0 Å². The van der Waals surface area contributed by atoms with E-state index in [0.29, 0.717) is 0 Å². The van der Waals surface area contributed by atoms with Crippen molar-refractivity contribution in [3.63, 3.8) is 0 Å². The molecule has 1 aromatic heterocycles. The summed E-state index contributed by atoms with van der Waals surface area (Å²) in [5, 5.41) is 2.15. The number of hydrogen-bond donors (Lipinski definition) is 0. The van der Waals surface area contributed by atoms with Crippen molar-refractivity contribution < 1.29 is 4.74 Å². The zero-order valence-electron chi connectivity index (χ0n) is 14.3. The van der Waals surface area contributed by atoms with Crippen LogP contribution in [0.2, 0.25) is 0 Å². The van der Waals surface area contributed by atoms with Crippen LogP contribution in [0, 0.1) is 13.8 Å². The smallest absolute Gasteiger partial charge is 0.117 e. The lowest BCUT2D eigenvalue weighted by molar-refractivity contribution is 0.0718. The minimum atomic E-state index is 0.0776. The summed E-state index contributed by atoms with van der Waals surface area (Å²) in [6.07, 6.45) is 2.95. The van der Waals surface area contributed by atoms with E-state index in [4.69, 9.17) is 4.74 Å². The van der Waals surface area contributed by atoms with Crippen LogP contribution in [0.25, 0.3) is 0 Å². The van der Waals surface area contributed by atoms with Gasteiger partial charge in [0.1, 0.15) is 6.10 Å². The van der Waals surface area contributed by atoms with Crippen LogP contribution in [0.1, 0.15) is 40.2 Å². The highest BCUT2D eigenvalue weighted by atomic mass is 32.1. The Balaban J connectivity index is 1.97. The van der Waals surface area contributed by atoms with Gasteiger partial charge in [0.15, 0.2) is 0 Å². The number of aryl methyl sites for hydroxylation is 2. The normalized spacial score (nSPS) is 17.5. The fourth-order valence-corrected chi connectivity index (χ4v) is 3.84. The van der Waals surface area contributed by atoms with E-state index in [-0.39, 0.29) is 6.10 Å². The van der Waals surface area contributed by atoms with Crippen molar-refractivity contribution in [3.8, 4) is 0 Å². The molecular weight excluding hydrogens is 304 g/mol. The molecule has 0 spiro atoms. The van der Waals surface area contributed by atoms with Crippen molar-refractivity contribution in [1.82, 2.24) is 4.90 Å². The maximum Gasteiger partial charge on any atom is 0.117 e. The van der Waals surface area contributed by atoms with Gasteiger partial charge in [-0.2, -0.15) is 0 Å². The highest BCUT2D eigenvalue weighted by molar-refractivity contribution is 7.10. The number of benzene rings is 1. The molecule has 0 aliphatic carbocycles. The predicted molar refractivity (Wildman–Crippen MR) is 98.2 cm³/mol. The van der Waals surface area contributed by atoms with Crippen molar-refractivity contribution in [3.05, 3.63) is 50.7 Å². The van der Waals surface area contributed by atoms with Gasteiger partial charge in [0.2, 0.25) is 0 Å². The first-order valence-electron chi connectivity index (χ1n) is 8.13. The number of hydrogen-bond acceptors (Lipinski definition) is 3. The average Bonchev–Trinajstić information content (AvgIpc) is 2.98. The third-order valence-electron chi connectivity index (χ3n) is 4.43. The zero-order chi connectivity index (χ0) is 16.4. The van der Waals surface area contributed by atoms with E-state index in [0.717, 1.165) is 25.3 Å². The van der Waals surface area contributed by atoms with Crippen LogP contribution in [0.15, 0.2) is 28.6 Å². The quantitative estimate of drug-likeness (QED) is 0.603. The molecule has 3 rings (SSSR count). The number of aliphatic imine (C=N–C) groups is 1. The van der Waals surface area contributed by atoms with Crippen LogP contribution in [0.3, 0.4) is 0 Å². The lowest BCUT2D eigenvalue weighted by atomic mass is 9.93. The summed E-state index contributed by atoms with van der Waals surface area (Å²) in [5.41, 5.74) is 6.26. The van der Waals surface area contributed by atoms with Gasteiger partial charge in [-0.25, -0.2) is 4.99 Å². The summed E-state index contributed by atoms with van der Waals surface area (Å²) in [4.78, 5) is 8.06. The SMILES string of the molecule is CCN(C)C=Nc1cc2c(cc1C)C(c1sccc1C)OCC2. The third kappa shape index (κ3) is 3.33. The maximum atomic E-state index is 6.10. The number of ether oxygens (including phenoxy) is 1. The first-order chi connectivity index (χ1) is 11.1. The molecule has 1 unspecified atom stereocenters. The molecule has 0 saturated heterocycles. The lowest BCUT2D eigenvalue weighted by Crippen LogP contribution is -2.17. The largest absolute Gasteiger partial charge is 0.368 e. The van der Waals surface area contributed by atoms with Crippen LogP contribution in [-0.2, 0) is 11.2 Å². The van der Waals surface area contributed by atoms with Crippen molar-refractivity contribution in [2.45, 2.75) is 33.3 Å². The highest BCUT2D eigenvalue weighted by Gasteiger charge is 2.25. The monoisotopic (exact) mass is 328 g/mol. The molecule has 122 valence electrons. The molecule has 23 heavy (non-hydrogen) atoms. The summed E-state index contributed by atoms with van der Waals surface area (Å²) in [5.74, 6) is 0. The minimum absolute atomic E-state index is 0.0776. The van der Waals surface area contributed by atoms with Gasteiger partial charge in [0, 0.05) is 18.5 Å². The van der Waals surface area contributed by atoms with Crippen LogP contribution >= 0.6 is 11.3 Å². The molecule has 0 fully saturated rings. The summed E-state index contributed by atoms with van der Waals surface area (Å²) >= 11 is 1.79. The fraction of sp³-hybridized carbons (Fsp3) is 0.421. The second-order valence-electron chi connectivity index (χ2n) is 6.12. The molecule has 3 nitrogen and oxygen atoms in total. The molecular formula is C19H24N2OS. The molecule has 0 bridgehead atoms. The van der Waals surface area contributed by atoms with E-state index < -0.39 is 0 Å². The number of nitrogens with zero attached hydrogens (tertiary/aromatic N) is 2. The molecule has 2 heterocycles. The van der Waals surface area contributed by atoms with Crippen LogP contribution in [0.4, 0.5) is 5.69 Å². The molecule has 0 N–H and O–H groups in total. The van der Waals surface area contributed by atoms with Gasteiger partial charge in [-0.3, -0.25) is 0 Å². The Morgan fingerprint density at radius 1 is 1.35 bits per heavy atom. The van der Waals surface area contributed by atoms with E-state index in [2.05, 4.69) is 54.2 Å². The zero-order valence-corrected chi connectivity index (χ0v) is 15.1. The summed E-state index contributed by atoms with van der Waals surface area (Å²) < 4.78 is 6.10. The van der Waals surface area contributed by atoms with Crippen molar-refractivity contribution >= 4 is 23.4 Å². The van der Waals surface area contributed by atoms with Crippen LogP contribution in [0.5, 0.6) is 0 Å². The summed E-state index contributed by atoms with van der Waals surface area (Å²) in [6, 6.07) is 6.67. The molecule has 1 atom stereocenters. The summed E-state index contributed by atoms with van der Waals surface area (Å²) in [6.45, 7) is 8.15. The molecule has 4 heteroatoms. The lowest BCUT2D eigenvalue weighted by Gasteiger charge is -2.27. The van der Waals surface area contributed by atoms with E-state index in [9.17, 15) is 0 Å². The number of rotatable bonds is 4. The van der Waals surface area contributed by atoms with Crippen molar-refractivity contribution in [2.24, 2.45) is 4.99 Å². The Morgan fingerprint density at radius 3 is 2.87 bits per heavy atom. The van der Waals surface area contributed by atoms with Crippen molar-refractivity contribution in [1.29, 1.82) is 0 Å². The molecule has 1 aromatic carbocycles. The van der Waals surface area contributed by atoms with E-state index in [1.165, 1.54) is 27.1 Å². The van der Waals surface area contributed by atoms with Gasteiger partial charge >= 0.3 is 0 Å². The second-order valence-corrected chi connectivity index (χ2v) is 7.07. The van der Waals surface area contributed by atoms with E-state index in [1.807, 2.05) is 13.4 Å².